The molecule has 0 aliphatic carbocycles. The van der Waals surface area contributed by atoms with Gasteiger partial charge >= 0.3 is 0 Å². The fourth-order valence-electron chi connectivity index (χ4n) is 1.98. The molecule has 2 aromatic carbocycles. The third-order valence-electron chi connectivity index (χ3n) is 3.13. The summed E-state index contributed by atoms with van der Waals surface area (Å²) in [4.78, 5) is 23.8. The molecule has 0 aliphatic heterocycles. The summed E-state index contributed by atoms with van der Waals surface area (Å²) in [5.41, 5.74) is 2.07. The number of anilines is 1. The van der Waals surface area contributed by atoms with Crippen LogP contribution in [0.5, 0.6) is 0 Å². The van der Waals surface area contributed by atoms with Gasteiger partial charge in [0, 0.05) is 28.4 Å². The topological polar surface area (TPSA) is 58.2 Å². The molecule has 0 saturated carbocycles. The Kier molecular flexibility index (Phi) is 6.15. The Morgan fingerprint density at radius 3 is 2.21 bits per heavy atom. The highest BCUT2D eigenvalue weighted by atomic mass is 35.5. The minimum absolute atomic E-state index is 0.0786. The highest BCUT2D eigenvalue weighted by Gasteiger charge is 2.06. The lowest BCUT2D eigenvalue weighted by atomic mass is 10.2. The first-order chi connectivity index (χ1) is 11.4. The number of hydrogen-bond acceptors (Lipinski definition) is 2. The third kappa shape index (κ3) is 5.56. The van der Waals surface area contributed by atoms with Gasteiger partial charge in [-0.25, -0.2) is 0 Å². The van der Waals surface area contributed by atoms with Gasteiger partial charge < -0.3 is 10.6 Å². The zero-order chi connectivity index (χ0) is 17.5. The third-order valence-corrected chi connectivity index (χ3v) is 3.38. The number of nitrogens with one attached hydrogen (secondary N) is 2. The van der Waals surface area contributed by atoms with Crippen molar-refractivity contribution in [3.63, 3.8) is 0 Å². The van der Waals surface area contributed by atoms with Gasteiger partial charge in [-0.15, -0.1) is 0 Å². The van der Waals surface area contributed by atoms with Crippen LogP contribution in [-0.4, -0.2) is 17.9 Å². The molecule has 2 N–H and O–H groups in total. The molecule has 0 aromatic heterocycles. The predicted octanol–water partition coefficient (Wildman–Crippen LogP) is 4.13. The van der Waals surface area contributed by atoms with Crippen molar-refractivity contribution in [1.29, 1.82) is 0 Å². The molecule has 0 saturated heterocycles. The smallest absolute Gasteiger partial charge is 0.251 e. The molecule has 124 valence electrons. The summed E-state index contributed by atoms with van der Waals surface area (Å²) in [5.74, 6) is -0.380. The van der Waals surface area contributed by atoms with Crippen LogP contribution in [0.25, 0.3) is 6.08 Å². The Morgan fingerprint density at radius 2 is 1.62 bits per heavy atom. The molecule has 0 unspecified atom stereocenters. The average Bonchev–Trinajstić information content (AvgIpc) is 2.54. The molecule has 24 heavy (non-hydrogen) atoms. The van der Waals surface area contributed by atoms with Crippen molar-refractivity contribution < 1.29 is 9.59 Å². The van der Waals surface area contributed by atoms with E-state index in [1.807, 2.05) is 26.0 Å². The molecule has 0 heterocycles. The summed E-state index contributed by atoms with van der Waals surface area (Å²) < 4.78 is 0. The van der Waals surface area contributed by atoms with Gasteiger partial charge in [-0.3, -0.25) is 9.59 Å². The van der Waals surface area contributed by atoms with Crippen molar-refractivity contribution >= 4 is 35.2 Å². The zero-order valence-electron chi connectivity index (χ0n) is 13.5. The van der Waals surface area contributed by atoms with E-state index in [-0.39, 0.29) is 17.9 Å². The molecular formula is C19H19ClN2O2. The van der Waals surface area contributed by atoms with Crippen LogP contribution in [0.3, 0.4) is 0 Å². The minimum Gasteiger partial charge on any atom is -0.350 e. The van der Waals surface area contributed by atoms with E-state index < -0.39 is 0 Å². The average molecular weight is 343 g/mol. The van der Waals surface area contributed by atoms with Crippen LogP contribution >= 0.6 is 11.6 Å². The Morgan fingerprint density at radius 1 is 1.00 bits per heavy atom. The highest BCUT2D eigenvalue weighted by molar-refractivity contribution is 6.30. The normalized spacial score (nSPS) is 10.8. The monoisotopic (exact) mass is 342 g/mol. The van der Waals surface area contributed by atoms with Crippen molar-refractivity contribution in [2.75, 3.05) is 5.32 Å². The second kappa shape index (κ2) is 8.31. The molecule has 0 aliphatic rings. The van der Waals surface area contributed by atoms with Crippen molar-refractivity contribution in [1.82, 2.24) is 5.32 Å². The molecule has 0 radical (unpaired) electrons. The Bertz CT molecular complexity index is 735. The van der Waals surface area contributed by atoms with E-state index in [9.17, 15) is 9.59 Å². The lowest BCUT2D eigenvalue weighted by molar-refractivity contribution is -0.111. The second-order valence-corrected chi connectivity index (χ2v) is 6.02. The lowest BCUT2D eigenvalue weighted by Gasteiger charge is -2.09. The zero-order valence-corrected chi connectivity index (χ0v) is 14.3. The molecule has 2 rings (SSSR count). The summed E-state index contributed by atoms with van der Waals surface area (Å²) >= 11 is 5.81. The first kappa shape index (κ1) is 17.8. The Balaban J connectivity index is 1.94. The van der Waals surface area contributed by atoms with Gasteiger partial charge in [-0.1, -0.05) is 23.7 Å². The van der Waals surface area contributed by atoms with Crippen LogP contribution in [0.4, 0.5) is 5.69 Å². The number of carbonyl (C=O) groups is 2. The SMILES string of the molecule is CC(C)NC(=O)c1ccc(NC(=O)/C=C/c2ccc(Cl)cc2)cc1. The summed E-state index contributed by atoms with van der Waals surface area (Å²) in [6.07, 6.45) is 3.15. The number of carbonyl (C=O) groups excluding carboxylic acids is 2. The van der Waals surface area contributed by atoms with Gasteiger partial charge in [0.25, 0.3) is 5.91 Å². The number of amides is 2. The van der Waals surface area contributed by atoms with Gasteiger partial charge in [0.15, 0.2) is 0 Å². The predicted molar refractivity (Wildman–Crippen MR) is 98.2 cm³/mol. The van der Waals surface area contributed by atoms with E-state index in [0.717, 1.165) is 5.56 Å². The van der Waals surface area contributed by atoms with Crippen LogP contribution < -0.4 is 10.6 Å². The van der Waals surface area contributed by atoms with Gasteiger partial charge in [0.2, 0.25) is 5.91 Å². The van der Waals surface area contributed by atoms with E-state index in [2.05, 4.69) is 10.6 Å². The highest BCUT2D eigenvalue weighted by Crippen LogP contribution is 2.12. The van der Waals surface area contributed by atoms with Crippen LogP contribution in [0.2, 0.25) is 5.02 Å². The van der Waals surface area contributed by atoms with Gasteiger partial charge in [-0.2, -0.15) is 0 Å². The van der Waals surface area contributed by atoms with E-state index in [0.29, 0.717) is 16.3 Å². The summed E-state index contributed by atoms with van der Waals surface area (Å²) in [6.45, 7) is 3.80. The summed E-state index contributed by atoms with van der Waals surface area (Å²) in [7, 11) is 0. The van der Waals surface area contributed by atoms with Crippen molar-refractivity contribution in [2.45, 2.75) is 19.9 Å². The van der Waals surface area contributed by atoms with Gasteiger partial charge in [0.1, 0.15) is 0 Å². The number of benzene rings is 2. The molecule has 4 nitrogen and oxygen atoms in total. The second-order valence-electron chi connectivity index (χ2n) is 5.58. The molecule has 2 aromatic rings. The fourth-order valence-corrected chi connectivity index (χ4v) is 2.11. The van der Waals surface area contributed by atoms with Crippen molar-refractivity contribution in [3.05, 3.63) is 70.8 Å². The summed E-state index contributed by atoms with van der Waals surface area (Å²) in [6, 6.07) is 14.0. The largest absolute Gasteiger partial charge is 0.350 e. The lowest BCUT2D eigenvalue weighted by Crippen LogP contribution is -2.29. The number of hydrogen-bond donors (Lipinski definition) is 2. The first-order valence-corrected chi connectivity index (χ1v) is 7.97. The molecule has 0 fully saturated rings. The Hall–Kier alpha value is -2.59. The molecular weight excluding hydrogens is 324 g/mol. The standard InChI is InChI=1S/C19H19ClN2O2/c1-13(2)21-19(24)15-6-10-17(11-7-15)22-18(23)12-5-14-3-8-16(20)9-4-14/h3-13H,1-2H3,(H,21,24)(H,22,23)/b12-5+. The first-order valence-electron chi connectivity index (χ1n) is 7.59. The maximum Gasteiger partial charge on any atom is 0.251 e. The molecule has 0 atom stereocenters. The summed E-state index contributed by atoms with van der Waals surface area (Å²) in [5, 5.41) is 6.21. The van der Waals surface area contributed by atoms with Crippen LogP contribution in [0, 0.1) is 0 Å². The Labute approximate surface area is 146 Å². The maximum atomic E-state index is 11.9. The van der Waals surface area contributed by atoms with Crippen molar-refractivity contribution in [3.8, 4) is 0 Å². The van der Waals surface area contributed by atoms with E-state index in [1.165, 1.54) is 6.08 Å². The van der Waals surface area contributed by atoms with E-state index >= 15 is 0 Å². The molecule has 0 spiro atoms. The van der Waals surface area contributed by atoms with E-state index in [1.54, 1.807) is 42.5 Å². The molecule has 5 heteroatoms. The quantitative estimate of drug-likeness (QED) is 0.803. The van der Waals surface area contributed by atoms with Crippen LogP contribution in [-0.2, 0) is 4.79 Å². The fraction of sp³-hybridized carbons (Fsp3) is 0.158. The number of rotatable bonds is 5. The maximum absolute atomic E-state index is 11.9. The number of halogens is 1. The van der Waals surface area contributed by atoms with Crippen molar-refractivity contribution in [2.24, 2.45) is 0 Å². The molecule has 0 bridgehead atoms. The van der Waals surface area contributed by atoms with Gasteiger partial charge in [-0.05, 0) is 61.9 Å². The van der Waals surface area contributed by atoms with Crippen LogP contribution in [0.15, 0.2) is 54.6 Å². The van der Waals surface area contributed by atoms with Crippen LogP contribution in [0.1, 0.15) is 29.8 Å². The van der Waals surface area contributed by atoms with Gasteiger partial charge in [0.05, 0.1) is 0 Å². The van der Waals surface area contributed by atoms with E-state index in [4.69, 9.17) is 11.6 Å². The minimum atomic E-state index is -0.246. The molecule has 2 amide bonds.